The third-order valence-corrected chi connectivity index (χ3v) is 4.90. The van der Waals surface area contributed by atoms with Gasteiger partial charge >= 0.3 is 0 Å². The summed E-state index contributed by atoms with van der Waals surface area (Å²) in [5.74, 6) is 0.159. The first-order chi connectivity index (χ1) is 13.7. The second kappa shape index (κ2) is 8.17. The third kappa shape index (κ3) is 3.86. The van der Waals surface area contributed by atoms with Gasteiger partial charge in [0.25, 0.3) is 5.91 Å². The van der Waals surface area contributed by atoms with Gasteiger partial charge in [-0.1, -0.05) is 36.4 Å². The molecule has 0 aliphatic carbocycles. The molecule has 4 rings (SSSR count). The van der Waals surface area contributed by atoms with Crippen LogP contribution in [0.1, 0.15) is 28.0 Å². The van der Waals surface area contributed by atoms with Gasteiger partial charge in [0.1, 0.15) is 11.5 Å². The second-order valence-corrected chi connectivity index (χ2v) is 6.74. The van der Waals surface area contributed by atoms with E-state index < -0.39 is 0 Å². The minimum atomic E-state index is -0.311. The summed E-state index contributed by atoms with van der Waals surface area (Å²) >= 11 is 0. The molecule has 0 spiro atoms. The first kappa shape index (κ1) is 18.1. The number of amides is 1. The van der Waals surface area contributed by atoms with Crippen LogP contribution in [-0.2, 0) is 12.8 Å². The van der Waals surface area contributed by atoms with Gasteiger partial charge in [0, 0.05) is 18.8 Å². The van der Waals surface area contributed by atoms with Gasteiger partial charge in [-0.2, -0.15) is 0 Å². The fraction of sp³-hybridized carbons (Fsp3) is 0.227. The molecule has 0 saturated carbocycles. The average Bonchev–Trinajstić information content (AvgIpc) is 2.75. The maximum absolute atomic E-state index is 13.6. The molecule has 1 amide bonds. The van der Waals surface area contributed by atoms with Gasteiger partial charge in [-0.05, 0) is 42.5 Å². The summed E-state index contributed by atoms with van der Waals surface area (Å²) < 4.78 is 13.6. The molecule has 1 aliphatic rings. The number of aryl methyl sites for hydroxylation is 1. The molecule has 0 saturated heterocycles. The van der Waals surface area contributed by atoms with E-state index in [4.69, 9.17) is 0 Å². The van der Waals surface area contributed by atoms with Crippen molar-refractivity contribution in [1.82, 2.24) is 15.3 Å². The van der Waals surface area contributed by atoms with Gasteiger partial charge in [0.05, 0.1) is 12.4 Å². The average molecular weight is 376 g/mol. The van der Waals surface area contributed by atoms with Crippen molar-refractivity contribution < 1.29 is 9.18 Å². The lowest BCUT2D eigenvalue weighted by molar-refractivity contribution is 0.0948. The molecule has 142 valence electrons. The summed E-state index contributed by atoms with van der Waals surface area (Å²) in [6.45, 7) is 1.21. The lowest BCUT2D eigenvalue weighted by Crippen LogP contribution is -2.28. The number of carbonyl (C=O) groups is 1. The van der Waals surface area contributed by atoms with E-state index in [-0.39, 0.29) is 17.4 Å². The first-order valence-electron chi connectivity index (χ1n) is 9.41. The number of hydrogen-bond donors (Lipinski definition) is 1. The Morgan fingerprint density at radius 3 is 2.71 bits per heavy atom. The molecule has 0 fully saturated rings. The molecule has 3 aromatic rings. The number of aromatic nitrogens is 2. The van der Waals surface area contributed by atoms with E-state index in [9.17, 15) is 9.18 Å². The molecule has 1 aromatic heterocycles. The van der Waals surface area contributed by atoms with Gasteiger partial charge in [0.15, 0.2) is 5.82 Å². The van der Waals surface area contributed by atoms with Crippen LogP contribution in [0.4, 0.5) is 15.9 Å². The highest BCUT2D eigenvalue weighted by atomic mass is 19.1. The summed E-state index contributed by atoms with van der Waals surface area (Å²) in [5.41, 5.74) is 3.27. The van der Waals surface area contributed by atoms with Crippen molar-refractivity contribution in [2.24, 2.45) is 0 Å². The van der Waals surface area contributed by atoms with E-state index in [1.807, 2.05) is 12.1 Å². The minimum absolute atomic E-state index is 0.252. The summed E-state index contributed by atoms with van der Waals surface area (Å²) in [7, 11) is 0. The van der Waals surface area contributed by atoms with Crippen LogP contribution in [0.2, 0.25) is 0 Å². The van der Waals surface area contributed by atoms with E-state index in [1.165, 1.54) is 17.8 Å². The van der Waals surface area contributed by atoms with Gasteiger partial charge in [0.2, 0.25) is 0 Å². The number of benzene rings is 2. The SMILES string of the molecule is O=C(NCCc1ccccc1F)c1cnc(N2CCCc3ccccc32)cn1. The normalized spacial score (nSPS) is 13.1. The Labute approximate surface area is 163 Å². The smallest absolute Gasteiger partial charge is 0.271 e. The fourth-order valence-corrected chi connectivity index (χ4v) is 3.45. The topological polar surface area (TPSA) is 58.1 Å². The zero-order valence-electron chi connectivity index (χ0n) is 15.4. The quantitative estimate of drug-likeness (QED) is 0.738. The van der Waals surface area contributed by atoms with Crippen molar-refractivity contribution in [1.29, 1.82) is 0 Å². The summed E-state index contributed by atoms with van der Waals surface area (Å²) in [6, 6.07) is 14.8. The Kier molecular flexibility index (Phi) is 5.28. The molecule has 28 heavy (non-hydrogen) atoms. The first-order valence-corrected chi connectivity index (χ1v) is 9.41. The molecule has 5 nitrogen and oxygen atoms in total. The largest absolute Gasteiger partial charge is 0.350 e. The van der Waals surface area contributed by atoms with Crippen molar-refractivity contribution >= 4 is 17.4 Å². The highest BCUT2D eigenvalue weighted by molar-refractivity contribution is 5.92. The van der Waals surface area contributed by atoms with Crippen molar-refractivity contribution in [2.45, 2.75) is 19.3 Å². The highest BCUT2D eigenvalue weighted by Crippen LogP contribution is 2.31. The van der Waals surface area contributed by atoms with E-state index in [0.717, 1.165) is 30.9 Å². The van der Waals surface area contributed by atoms with Crippen LogP contribution in [0.15, 0.2) is 60.9 Å². The molecule has 1 N–H and O–H groups in total. The van der Waals surface area contributed by atoms with E-state index in [1.54, 1.807) is 24.4 Å². The molecule has 0 bridgehead atoms. The van der Waals surface area contributed by atoms with E-state index in [2.05, 4.69) is 32.3 Å². The number of para-hydroxylation sites is 1. The molecule has 6 heteroatoms. The number of anilines is 2. The van der Waals surface area contributed by atoms with Crippen LogP contribution in [0.5, 0.6) is 0 Å². The molecule has 0 atom stereocenters. The van der Waals surface area contributed by atoms with Crippen LogP contribution >= 0.6 is 0 Å². The predicted octanol–water partition coefficient (Wildman–Crippen LogP) is 3.67. The molecule has 0 unspecified atom stereocenters. The zero-order valence-corrected chi connectivity index (χ0v) is 15.4. The number of nitrogens with one attached hydrogen (secondary N) is 1. The monoisotopic (exact) mass is 376 g/mol. The number of hydrogen-bond acceptors (Lipinski definition) is 4. The molecule has 1 aliphatic heterocycles. The zero-order chi connectivity index (χ0) is 19.3. The molecular formula is C22H21FN4O. The minimum Gasteiger partial charge on any atom is -0.350 e. The van der Waals surface area contributed by atoms with E-state index >= 15 is 0 Å². The van der Waals surface area contributed by atoms with Gasteiger partial charge in [-0.25, -0.2) is 14.4 Å². The standard InChI is InChI=1S/C22H21FN4O/c23-18-9-3-1-6-16(18)11-12-24-22(28)19-14-26-21(15-25-19)27-13-5-8-17-7-2-4-10-20(17)27/h1-4,6-7,9-10,14-15H,5,8,11-13H2,(H,24,28). The Hall–Kier alpha value is -3.28. The van der Waals surface area contributed by atoms with Gasteiger partial charge in [-0.15, -0.1) is 0 Å². The number of rotatable bonds is 5. The van der Waals surface area contributed by atoms with Crippen molar-refractivity contribution in [2.75, 3.05) is 18.0 Å². The second-order valence-electron chi connectivity index (χ2n) is 6.74. The Balaban J connectivity index is 1.40. The Morgan fingerprint density at radius 2 is 1.89 bits per heavy atom. The van der Waals surface area contributed by atoms with Crippen molar-refractivity contribution in [3.8, 4) is 0 Å². The molecule has 2 aromatic carbocycles. The highest BCUT2D eigenvalue weighted by Gasteiger charge is 2.19. The fourth-order valence-electron chi connectivity index (χ4n) is 3.45. The molecule has 0 radical (unpaired) electrons. The summed E-state index contributed by atoms with van der Waals surface area (Å²) in [5, 5.41) is 2.77. The summed E-state index contributed by atoms with van der Waals surface area (Å²) in [6.07, 6.45) is 5.66. The van der Waals surface area contributed by atoms with Crippen LogP contribution in [0.25, 0.3) is 0 Å². The number of fused-ring (bicyclic) bond motifs is 1. The van der Waals surface area contributed by atoms with Crippen LogP contribution < -0.4 is 10.2 Å². The van der Waals surface area contributed by atoms with Crippen LogP contribution in [0.3, 0.4) is 0 Å². The van der Waals surface area contributed by atoms with Gasteiger partial charge in [-0.3, -0.25) is 4.79 Å². The van der Waals surface area contributed by atoms with Crippen LogP contribution in [0, 0.1) is 5.82 Å². The summed E-state index contributed by atoms with van der Waals surface area (Å²) in [4.78, 5) is 23.1. The third-order valence-electron chi connectivity index (χ3n) is 4.90. The van der Waals surface area contributed by atoms with E-state index in [0.29, 0.717) is 18.5 Å². The number of halogens is 1. The van der Waals surface area contributed by atoms with Crippen LogP contribution in [-0.4, -0.2) is 29.0 Å². The molecule has 2 heterocycles. The number of nitrogens with zero attached hydrogens (tertiary/aromatic N) is 3. The van der Waals surface area contributed by atoms with Crippen molar-refractivity contribution in [3.05, 3.63) is 83.6 Å². The maximum Gasteiger partial charge on any atom is 0.271 e. The Bertz CT molecular complexity index is 974. The van der Waals surface area contributed by atoms with Crippen molar-refractivity contribution in [3.63, 3.8) is 0 Å². The lowest BCUT2D eigenvalue weighted by Gasteiger charge is -2.30. The predicted molar refractivity (Wildman–Crippen MR) is 106 cm³/mol. The molecular weight excluding hydrogens is 355 g/mol. The van der Waals surface area contributed by atoms with Gasteiger partial charge < -0.3 is 10.2 Å². The maximum atomic E-state index is 13.6. The lowest BCUT2D eigenvalue weighted by atomic mass is 10.0. The number of carbonyl (C=O) groups excluding carboxylic acids is 1. The Morgan fingerprint density at radius 1 is 1.07 bits per heavy atom.